The summed E-state index contributed by atoms with van der Waals surface area (Å²) < 4.78 is 7.68. The molecule has 1 fully saturated rings. The van der Waals surface area contributed by atoms with Crippen LogP contribution in [-0.4, -0.2) is 42.4 Å². The van der Waals surface area contributed by atoms with Gasteiger partial charge in [-0.1, -0.05) is 23.7 Å². The van der Waals surface area contributed by atoms with Crippen LogP contribution in [-0.2, 0) is 13.1 Å². The highest BCUT2D eigenvalue weighted by molar-refractivity contribution is 6.33. The first kappa shape index (κ1) is 15.3. The summed E-state index contributed by atoms with van der Waals surface area (Å²) in [6, 6.07) is 7.88. The number of rotatable bonds is 5. The molecule has 0 N–H and O–H groups in total. The van der Waals surface area contributed by atoms with Crippen LogP contribution >= 0.6 is 11.6 Å². The van der Waals surface area contributed by atoms with Gasteiger partial charge >= 0.3 is 0 Å². The molecule has 0 saturated carbocycles. The maximum Gasteiger partial charge on any atom is 0.249 e. The highest BCUT2D eigenvalue weighted by atomic mass is 35.5. The minimum atomic E-state index is 0.405. The van der Waals surface area contributed by atoms with Crippen molar-refractivity contribution in [3.8, 4) is 11.5 Å². The van der Waals surface area contributed by atoms with Crippen LogP contribution in [0.15, 0.2) is 41.3 Å². The Kier molecular flexibility index (Phi) is 4.27. The molecule has 3 aromatic rings. The minimum Gasteiger partial charge on any atom is -0.419 e. The summed E-state index contributed by atoms with van der Waals surface area (Å²) in [6.45, 7) is 2.48. The monoisotopic (exact) mass is 344 g/mol. The van der Waals surface area contributed by atoms with Crippen molar-refractivity contribution >= 4 is 11.6 Å². The Morgan fingerprint density at radius 1 is 1.25 bits per heavy atom. The summed E-state index contributed by atoms with van der Waals surface area (Å²) in [6.07, 6.45) is 5.60. The van der Waals surface area contributed by atoms with E-state index in [0.717, 1.165) is 31.5 Å². The molecule has 0 bridgehead atoms. The van der Waals surface area contributed by atoms with Crippen molar-refractivity contribution in [2.75, 3.05) is 6.54 Å². The SMILES string of the molecule is Clc1ccccc1-c1nnc(CN2CCCC2Cn2cncn2)o1. The zero-order chi connectivity index (χ0) is 16.4. The van der Waals surface area contributed by atoms with E-state index in [2.05, 4.69) is 25.2 Å². The zero-order valence-electron chi connectivity index (χ0n) is 13.0. The maximum absolute atomic E-state index is 6.19. The third-order valence-electron chi connectivity index (χ3n) is 4.27. The number of halogens is 1. The standard InChI is InChI=1S/C16H17ClN6O/c17-14-6-2-1-5-13(14)16-21-20-15(24-16)9-22-7-3-4-12(22)8-23-11-18-10-19-23/h1-2,5-6,10-12H,3-4,7-9H2. The fourth-order valence-corrected chi connectivity index (χ4v) is 3.30. The molecule has 1 unspecified atom stereocenters. The Hall–Kier alpha value is -2.25. The molecule has 1 aliphatic rings. The molecule has 0 radical (unpaired) electrons. The van der Waals surface area contributed by atoms with Gasteiger partial charge in [-0.15, -0.1) is 10.2 Å². The van der Waals surface area contributed by atoms with Crippen molar-refractivity contribution in [1.29, 1.82) is 0 Å². The van der Waals surface area contributed by atoms with Crippen LogP contribution in [0.3, 0.4) is 0 Å². The predicted octanol–water partition coefficient (Wildman–Crippen LogP) is 2.65. The molecule has 0 spiro atoms. The zero-order valence-corrected chi connectivity index (χ0v) is 13.8. The van der Waals surface area contributed by atoms with E-state index >= 15 is 0 Å². The number of aromatic nitrogens is 5. The summed E-state index contributed by atoms with van der Waals surface area (Å²) >= 11 is 6.19. The third-order valence-corrected chi connectivity index (χ3v) is 4.60. The first-order valence-electron chi connectivity index (χ1n) is 7.93. The molecule has 1 aliphatic heterocycles. The molecule has 1 atom stereocenters. The fraction of sp³-hybridized carbons (Fsp3) is 0.375. The topological polar surface area (TPSA) is 72.9 Å². The van der Waals surface area contributed by atoms with Crippen LogP contribution in [0.5, 0.6) is 0 Å². The lowest BCUT2D eigenvalue weighted by Gasteiger charge is -2.22. The van der Waals surface area contributed by atoms with E-state index in [4.69, 9.17) is 16.0 Å². The van der Waals surface area contributed by atoms with Crippen molar-refractivity contribution in [3.05, 3.63) is 47.8 Å². The number of benzene rings is 1. The highest BCUT2D eigenvalue weighted by Gasteiger charge is 2.27. The Labute approximate surface area is 144 Å². The third kappa shape index (κ3) is 3.18. The molecular weight excluding hydrogens is 328 g/mol. The second-order valence-electron chi connectivity index (χ2n) is 5.86. The van der Waals surface area contributed by atoms with E-state index < -0.39 is 0 Å². The Morgan fingerprint density at radius 3 is 3.00 bits per heavy atom. The van der Waals surface area contributed by atoms with Crippen LogP contribution in [0, 0.1) is 0 Å². The fourth-order valence-electron chi connectivity index (χ4n) is 3.09. The van der Waals surface area contributed by atoms with E-state index in [-0.39, 0.29) is 0 Å². The number of hydrogen-bond acceptors (Lipinski definition) is 6. The van der Waals surface area contributed by atoms with Crippen LogP contribution in [0.4, 0.5) is 0 Å². The lowest BCUT2D eigenvalue weighted by Crippen LogP contribution is -2.32. The first-order valence-corrected chi connectivity index (χ1v) is 8.31. The quantitative estimate of drug-likeness (QED) is 0.708. The van der Waals surface area contributed by atoms with E-state index in [1.165, 1.54) is 0 Å². The summed E-state index contributed by atoms with van der Waals surface area (Å²) in [7, 11) is 0. The Balaban J connectivity index is 1.46. The largest absolute Gasteiger partial charge is 0.419 e. The van der Waals surface area contributed by atoms with E-state index in [9.17, 15) is 0 Å². The minimum absolute atomic E-state index is 0.405. The van der Waals surface area contributed by atoms with Crippen molar-refractivity contribution in [3.63, 3.8) is 0 Å². The maximum atomic E-state index is 6.19. The van der Waals surface area contributed by atoms with Crippen molar-refractivity contribution in [1.82, 2.24) is 29.9 Å². The molecule has 1 saturated heterocycles. The van der Waals surface area contributed by atoms with Gasteiger partial charge in [0.1, 0.15) is 12.7 Å². The molecule has 0 aliphatic carbocycles. The van der Waals surface area contributed by atoms with Crippen LogP contribution in [0.1, 0.15) is 18.7 Å². The van der Waals surface area contributed by atoms with Gasteiger partial charge in [-0.25, -0.2) is 4.98 Å². The normalized spacial score (nSPS) is 18.3. The summed E-state index contributed by atoms with van der Waals surface area (Å²) in [5, 5.41) is 13.1. The smallest absolute Gasteiger partial charge is 0.249 e. The van der Waals surface area contributed by atoms with E-state index in [1.54, 1.807) is 12.7 Å². The summed E-state index contributed by atoms with van der Waals surface area (Å²) in [4.78, 5) is 6.35. The molecule has 1 aromatic carbocycles. The molecule has 8 heteroatoms. The Morgan fingerprint density at radius 2 is 2.17 bits per heavy atom. The van der Waals surface area contributed by atoms with Crippen LogP contribution < -0.4 is 0 Å². The number of likely N-dealkylation sites (tertiary alicyclic amines) is 1. The molecule has 2 aromatic heterocycles. The van der Waals surface area contributed by atoms with Gasteiger partial charge in [0.25, 0.3) is 0 Å². The number of hydrogen-bond donors (Lipinski definition) is 0. The average Bonchev–Trinajstić information content (AvgIpc) is 3.32. The van der Waals surface area contributed by atoms with Crippen molar-refractivity contribution < 1.29 is 4.42 Å². The first-order chi connectivity index (χ1) is 11.8. The van der Waals surface area contributed by atoms with E-state index in [1.807, 2.05) is 28.9 Å². The molecule has 7 nitrogen and oxygen atoms in total. The van der Waals surface area contributed by atoms with Gasteiger partial charge in [0.05, 0.1) is 23.7 Å². The van der Waals surface area contributed by atoms with Gasteiger partial charge in [0.2, 0.25) is 11.8 Å². The molecule has 0 amide bonds. The number of nitrogens with zero attached hydrogens (tertiary/aromatic N) is 6. The van der Waals surface area contributed by atoms with Gasteiger partial charge in [-0.2, -0.15) is 5.10 Å². The lowest BCUT2D eigenvalue weighted by molar-refractivity contribution is 0.200. The molecule has 124 valence electrons. The highest BCUT2D eigenvalue weighted by Crippen LogP contribution is 2.27. The summed E-state index contributed by atoms with van der Waals surface area (Å²) in [5.74, 6) is 1.07. The van der Waals surface area contributed by atoms with Gasteiger partial charge in [0.15, 0.2) is 0 Å². The van der Waals surface area contributed by atoms with Gasteiger partial charge in [-0.3, -0.25) is 9.58 Å². The van der Waals surface area contributed by atoms with Gasteiger partial charge in [-0.05, 0) is 31.5 Å². The predicted molar refractivity (Wildman–Crippen MR) is 88.2 cm³/mol. The molecule has 3 heterocycles. The van der Waals surface area contributed by atoms with E-state index in [0.29, 0.717) is 29.4 Å². The molecule has 4 rings (SSSR count). The van der Waals surface area contributed by atoms with Crippen LogP contribution in [0.25, 0.3) is 11.5 Å². The second kappa shape index (κ2) is 6.70. The average molecular weight is 345 g/mol. The molecule has 24 heavy (non-hydrogen) atoms. The van der Waals surface area contributed by atoms with Crippen molar-refractivity contribution in [2.45, 2.75) is 32.0 Å². The summed E-state index contributed by atoms with van der Waals surface area (Å²) in [5.41, 5.74) is 0.763. The lowest BCUT2D eigenvalue weighted by atomic mass is 10.2. The van der Waals surface area contributed by atoms with Gasteiger partial charge < -0.3 is 4.42 Å². The Bertz CT molecular complexity index is 803. The molecular formula is C16H17ClN6O. The second-order valence-corrected chi connectivity index (χ2v) is 6.27. The van der Waals surface area contributed by atoms with Crippen molar-refractivity contribution in [2.24, 2.45) is 0 Å². The van der Waals surface area contributed by atoms with Gasteiger partial charge in [0, 0.05) is 6.04 Å². The van der Waals surface area contributed by atoms with Crippen LogP contribution in [0.2, 0.25) is 5.02 Å².